The van der Waals surface area contributed by atoms with E-state index in [4.69, 9.17) is 11.6 Å². The van der Waals surface area contributed by atoms with E-state index in [-0.39, 0.29) is 17.8 Å². The number of aliphatic hydroxyl groups is 1. The molecule has 0 saturated heterocycles. The van der Waals surface area contributed by atoms with Crippen LogP contribution in [0.3, 0.4) is 0 Å². The van der Waals surface area contributed by atoms with Crippen molar-refractivity contribution < 1.29 is 13.9 Å². The topological polar surface area (TPSA) is 32.3 Å². The Balaban J connectivity index is 2.06. The number of benzene rings is 2. The molecule has 0 fully saturated rings. The molecular weight excluding hydrogens is 272 g/mol. The Labute approximate surface area is 114 Å². The highest BCUT2D eigenvalue weighted by atomic mass is 35.5. The first-order chi connectivity index (χ1) is 9.08. The van der Waals surface area contributed by atoms with E-state index >= 15 is 0 Å². The van der Waals surface area contributed by atoms with Crippen LogP contribution in [0.4, 0.5) is 14.5 Å². The lowest BCUT2D eigenvalue weighted by molar-refractivity contribution is 0.186. The van der Waals surface area contributed by atoms with Gasteiger partial charge in [-0.05, 0) is 24.3 Å². The van der Waals surface area contributed by atoms with Crippen LogP contribution in [0.5, 0.6) is 0 Å². The van der Waals surface area contributed by atoms with Crippen LogP contribution >= 0.6 is 11.6 Å². The van der Waals surface area contributed by atoms with Gasteiger partial charge in [0.2, 0.25) is 0 Å². The summed E-state index contributed by atoms with van der Waals surface area (Å²) in [7, 11) is 0. The van der Waals surface area contributed by atoms with E-state index in [1.807, 2.05) is 0 Å². The molecule has 0 aliphatic heterocycles. The van der Waals surface area contributed by atoms with Gasteiger partial charge in [0.15, 0.2) is 0 Å². The van der Waals surface area contributed by atoms with E-state index in [1.54, 1.807) is 6.07 Å². The Bertz CT molecular complexity index is 577. The van der Waals surface area contributed by atoms with Crippen molar-refractivity contribution in [3.63, 3.8) is 0 Å². The van der Waals surface area contributed by atoms with Gasteiger partial charge in [-0.3, -0.25) is 0 Å². The van der Waals surface area contributed by atoms with Crippen molar-refractivity contribution in [2.24, 2.45) is 0 Å². The predicted molar refractivity (Wildman–Crippen MR) is 71.3 cm³/mol. The summed E-state index contributed by atoms with van der Waals surface area (Å²) in [5, 5.41) is 12.9. The molecule has 2 nitrogen and oxygen atoms in total. The lowest BCUT2D eigenvalue weighted by Crippen LogP contribution is -2.14. The highest BCUT2D eigenvalue weighted by Crippen LogP contribution is 2.22. The number of rotatable bonds is 4. The van der Waals surface area contributed by atoms with Gasteiger partial charge in [-0.15, -0.1) is 0 Å². The second-order valence-electron chi connectivity index (χ2n) is 4.04. The maximum absolute atomic E-state index is 13.4. The number of halogens is 3. The zero-order valence-electron chi connectivity index (χ0n) is 9.91. The number of hydrogen-bond donors (Lipinski definition) is 2. The van der Waals surface area contributed by atoms with Crippen molar-refractivity contribution in [1.82, 2.24) is 0 Å². The lowest BCUT2D eigenvalue weighted by atomic mass is 10.1. The van der Waals surface area contributed by atoms with Crippen molar-refractivity contribution in [3.05, 3.63) is 64.7 Å². The van der Waals surface area contributed by atoms with Gasteiger partial charge in [0.25, 0.3) is 0 Å². The molecule has 0 heterocycles. The minimum Gasteiger partial charge on any atom is -0.386 e. The molecule has 2 aromatic carbocycles. The van der Waals surface area contributed by atoms with E-state index in [0.717, 1.165) is 0 Å². The molecule has 0 bridgehead atoms. The fourth-order valence-electron chi connectivity index (χ4n) is 1.69. The minimum absolute atomic E-state index is 0.0157. The fraction of sp³-hybridized carbons (Fsp3) is 0.143. The largest absolute Gasteiger partial charge is 0.386 e. The maximum atomic E-state index is 13.4. The molecule has 0 saturated carbocycles. The number of anilines is 1. The number of hydrogen-bond acceptors (Lipinski definition) is 2. The molecule has 0 radical (unpaired) electrons. The van der Waals surface area contributed by atoms with Crippen molar-refractivity contribution in [2.45, 2.75) is 6.10 Å². The zero-order chi connectivity index (χ0) is 13.8. The molecule has 2 rings (SSSR count). The normalized spacial score (nSPS) is 12.2. The van der Waals surface area contributed by atoms with Crippen LogP contribution in [-0.2, 0) is 0 Å². The van der Waals surface area contributed by atoms with Crippen LogP contribution < -0.4 is 5.32 Å². The summed E-state index contributed by atoms with van der Waals surface area (Å²) in [6.45, 7) is -0.0157. The molecule has 2 aromatic rings. The molecule has 100 valence electrons. The second kappa shape index (κ2) is 5.99. The smallest absolute Gasteiger partial charge is 0.146 e. The lowest BCUT2D eigenvalue weighted by Gasteiger charge is -2.14. The van der Waals surface area contributed by atoms with Gasteiger partial charge in [-0.25, -0.2) is 8.78 Å². The van der Waals surface area contributed by atoms with E-state index < -0.39 is 17.7 Å². The maximum Gasteiger partial charge on any atom is 0.146 e. The molecule has 19 heavy (non-hydrogen) atoms. The van der Waals surface area contributed by atoms with Crippen LogP contribution in [0.2, 0.25) is 5.02 Å². The van der Waals surface area contributed by atoms with Gasteiger partial charge in [0.05, 0.1) is 11.8 Å². The summed E-state index contributed by atoms with van der Waals surface area (Å²) in [6.07, 6.45) is -1.07. The molecule has 0 spiro atoms. The molecule has 0 amide bonds. The average Bonchev–Trinajstić information content (AvgIpc) is 2.40. The summed E-state index contributed by atoms with van der Waals surface area (Å²) in [6, 6.07) is 9.96. The third-order valence-corrected chi connectivity index (χ3v) is 2.91. The summed E-state index contributed by atoms with van der Waals surface area (Å²) < 4.78 is 26.9. The molecule has 2 N–H and O–H groups in total. The molecule has 0 aliphatic rings. The highest BCUT2D eigenvalue weighted by molar-refractivity contribution is 6.30. The number of nitrogens with one attached hydrogen (secondary N) is 1. The molecular formula is C14H12ClF2NO. The molecule has 5 heteroatoms. The van der Waals surface area contributed by atoms with Crippen LogP contribution in [0, 0.1) is 11.6 Å². The predicted octanol–water partition coefficient (Wildman–Crippen LogP) is 3.76. The first-order valence-electron chi connectivity index (χ1n) is 5.69. The summed E-state index contributed by atoms with van der Waals surface area (Å²) in [5.41, 5.74) is 0.334. The van der Waals surface area contributed by atoms with Crippen LogP contribution in [-0.4, -0.2) is 11.7 Å². The second-order valence-corrected chi connectivity index (χ2v) is 4.48. The highest BCUT2D eigenvalue weighted by Gasteiger charge is 2.12. The van der Waals surface area contributed by atoms with E-state index in [2.05, 4.69) is 5.32 Å². The Morgan fingerprint density at radius 3 is 2.58 bits per heavy atom. The average molecular weight is 284 g/mol. The Morgan fingerprint density at radius 1 is 1.11 bits per heavy atom. The molecule has 1 atom stereocenters. The van der Waals surface area contributed by atoms with Crippen LogP contribution in [0.15, 0.2) is 42.5 Å². The third-order valence-electron chi connectivity index (χ3n) is 2.68. The van der Waals surface area contributed by atoms with Crippen molar-refractivity contribution in [2.75, 3.05) is 11.9 Å². The van der Waals surface area contributed by atoms with Crippen LogP contribution in [0.25, 0.3) is 0 Å². The van der Waals surface area contributed by atoms with Gasteiger partial charge in [-0.1, -0.05) is 29.8 Å². The molecule has 0 aromatic heterocycles. The molecule has 0 aliphatic carbocycles. The van der Waals surface area contributed by atoms with Gasteiger partial charge in [-0.2, -0.15) is 0 Å². The standard InChI is InChI=1S/C14H12ClF2NO/c15-9-5-6-12(17)13(7-9)18-8-14(19)10-3-1-2-4-11(10)16/h1-7,14,18-19H,8H2. The fourth-order valence-corrected chi connectivity index (χ4v) is 1.87. The van der Waals surface area contributed by atoms with Crippen molar-refractivity contribution in [3.8, 4) is 0 Å². The summed E-state index contributed by atoms with van der Waals surface area (Å²) in [5.74, 6) is -0.978. The summed E-state index contributed by atoms with van der Waals surface area (Å²) in [4.78, 5) is 0. The van der Waals surface area contributed by atoms with E-state index in [1.165, 1.54) is 36.4 Å². The Morgan fingerprint density at radius 2 is 1.84 bits per heavy atom. The Kier molecular flexibility index (Phi) is 4.35. The monoisotopic (exact) mass is 283 g/mol. The SMILES string of the molecule is OC(CNc1cc(Cl)ccc1F)c1ccccc1F. The Hall–Kier alpha value is -1.65. The van der Waals surface area contributed by atoms with Crippen molar-refractivity contribution in [1.29, 1.82) is 0 Å². The quantitative estimate of drug-likeness (QED) is 0.895. The van der Waals surface area contributed by atoms with Gasteiger partial charge in [0, 0.05) is 17.1 Å². The van der Waals surface area contributed by atoms with Gasteiger partial charge in [0.1, 0.15) is 11.6 Å². The van der Waals surface area contributed by atoms with E-state index in [9.17, 15) is 13.9 Å². The van der Waals surface area contributed by atoms with Gasteiger partial charge < -0.3 is 10.4 Å². The first-order valence-corrected chi connectivity index (χ1v) is 6.07. The van der Waals surface area contributed by atoms with Gasteiger partial charge >= 0.3 is 0 Å². The van der Waals surface area contributed by atoms with Crippen LogP contribution in [0.1, 0.15) is 11.7 Å². The first kappa shape index (κ1) is 13.8. The summed E-state index contributed by atoms with van der Waals surface area (Å²) >= 11 is 5.75. The third kappa shape index (κ3) is 3.43. The minimum atomic E-state index is -1.07. The molecule has 1 unspecified atom stereocenters. The zero-order valence-corrected chi connectivity index (χ0v) is 10.7. The van der Waals surface area contributed by atoms with Crippen molar-refractivity contribution >= 4 is 17.3 Å². The number of aliphatic hydroxyl groups excluding tert-OH is 1. The van der Waals surface area contributed by atoms with E-state index in [0.29, 0.717) is 5.02 Å².